The zero-order valence-corrected chi connectivity index (χ0v) is 20.8. The van der Waals surface area contributed by atoms with Crippen molar-refractivity contribution in [2.45, 2.75) is 0 Å². The molecule has 0 heterocycles. The molecule has 0 amide bonds. The molecule has 0 aliphatic carbocycles. The van der Waals surface area contributed by atoms with Gasteiger partial charge in [-0.3, -0.25) is 9.98 Å². The SMILES string of the molecule is CN=Cc1c(N=Nc2cccc(-c3ccccc3OC)c2C=NC)cccc1-c1ccccc1OC. The highest BCUT2D eigenvalue weighted by molar-refractivity contribution is 5.98. The number of para-hydroxylation sites is 2. The van der Waals surface area contributed by atoms with Crippen LogP contribution in [0.15, 0.2) is 105 Å². The Morgan fingerprint density at radius 3 is 1.28 bits per heavy atom. The van der Waals surface area contributed by atoms with Gasteiger partial charge in [0.15, 0.2) is 0 Å². The molecule has 0 atom stereocenters. The third-order valence-electron chi connectivity index (χ3n) is 5.74. The topological polar surface area (TPSA) is 67.9 Å². The highest BCUT2D eigenvalue weighted by Gasteiger charge is 2.14. The molecule has 0 radical (unpaired) electrons. The van der Waals surface area contributed by atoms with Crippen LogP contribution >= 0.6 is 0 Å². The van der Waals surface area contributed by atoms with Crippen LogP contribution in [0, 0.1) is 0 Å². The van der Waals surface area contributed by atoms with Crippen LogP contribution < -0.4 is 9.47 Å². The Morgan fingerprint density at radius 2 is 0.889 bits per heavy atom. The lowest BCUT2D eigenvalue weighted by atomic mass is 9.97. The molecule has 36 heavy (non-hydrogen) atoms. The van der Waals surface area contributed by atoms with Gasteiger partial charge in [-0.05, 0) is 35.4 Å². The van der Waals surface area contributed by atoms with Crippen LogP contribution in [0.2, 0.25) is 0 Å². The van der Waals surface area contributed by atoms with Crippen molar-refractivity contribution in [3.8, 4) is 33.8 Å². The lowest BCUT2D eigenvalue weighted by molar-refractivity contribution is 0.416. The predicted molar refractivity (Wildman–Crippen MR) is 148 cm³/mol. The van der Waals surface area contributed by atoms with Crippen LogP contribution in [0.1, 0.15) is 11.1 Å². The number of methoxy groups -OCH3 is 2. The van der Waals surface area contributed by atoms with E-state index in [1.54, 1.807) is 40.7 Å². The Bertz CT molecular complexity index is 1330. The van der Waals surface area contributed by atoms with Crippen molar-refractivity contribution in [3.05, 3.63) is 96.1 Å². The molecule has 0 aliphatic rings. The van der Waals surface area contributed by atoms with Crippen LogP contribution in [0.4, 0.5) is 11.4 Å². The third kappa shape index (κ3) is 5.08. The van der Waals surface area contributed by atoms with Gasteiger partial charge >= 0.3 is 0 Å². The smallest absolute Gasteiger partial charge is 0.126 e. The Balaban J connectivity index is 1.84. The van der Waals surface area contributed by atoms with E-state index in [9.17, 15) is 0 Å². The highest BCUT2D eigenvalue weighted by atomic mass is 16.5. The summed E-state index contributed by atoms with van der Waals surface area (Å²) in [6.07, 6.45) is 3.60. The van der Waals surface area contributed by atoms with Crippen LogP contribution in [0.5, 0.6) is 11.5 Å². The van der Waals surface area contributed by atoms with Crippen molar-refractivity contribution in [3.63, 3.8) is 0 Å². The molecule has 4 rings (SSSR count). The normalized spacial score (nSPS) is 11.6. The average molecular weight is 477 g/mol. The number of hydrogen-bond acceptors (Lipinski definition) is 6. The summed E-state index contributed by atoms with van der Waals surface area (Å²) in [4.78, 5) is 8.56. The van der Waals surface area contributed by atoms with Gasteiger partial charge in [0.2, 0.25) is 0 Å². The molecule has 0 unspecified atom stereocenters. The van der Waals surface area contributed by atoms with E-state index in [4.69, 9.17) is 9.47 Å². The summed E-state index contributed by atoms with van der Waals surface area (Å²) in [5.74, 6) is 1.56. The van der Waals surface area contributed by atoms with Crippen molar-refractivity contribution in [1.82, 2.24) is 0 Å². The monoisotopic (exact) mass is 476 g/mol. The number of azo groups is 1. The fourth-order valence-electron chi connectivity index (χ4n) is 4.12. The number of nitrogens with zero attached hydrogens (tertiary/aromatic N) is 4. The second-order valence-corrected chi connectivity index (χ2v) is 7.85. The van der Waals surface area contributed by atoms with E-state index in [0.717, 1.165) is 44.9 Å². The van der Waals surface area contributed by atoms with E-state index in [2.05, 4.69) is 20.2 Å². The average Bonchev–Trinajstić information content (AvgIpc) is 2.93. The molecule has 0 bridgehead atoms. The van der Waals surface area contributed by atoms with Crippen molar-refractivity contribution >= 4 is 23.8 Å². The summed E-state index contributed by atoms with van der Waals surface area (Å²) in [6, 6.07) is 27.6. The molecule has 6 nitrogen and oxygen atoms in total. The molecule has 4 aromatic rings. The number of hydrogen-bond donors (Lipinski definition) is 0. The molecule has 0 aromatic heterocycles. The molecule has 0 fully saturated rings. The van der Waals surface area contributed by atoms with Gasteiger partial charge in [0, 0.05) is 48.8 Å². The molecular formula is C30H28N4O2. The van der Waals surface area contributed by atoms with Gasteiger partial charge in [0.1, 0.15) is 11.5 Å². The lowest BCUT2D eigenvalue weighted by Gasteiger charge is -2.13. The van der Waals surface area contributed by atoms with Crippen molar-refractivity contribution < 1.29 is 9.47 Å². The summed E-state index contributed by atoms with van der Waals surface area (Å²) in [6.45, 7) is 0. The van der Waals surface area contributed by atoms with E-state index >= 15 is 0 Å². The van der Waals surface area contributed by atoms with Gasteiger partial charge in [0.05, 0.1) is 25.6 Å². The molecule has 6 heteroatoms. The first kappa shape index (κ1) is 24.5. The quantitative estimate of drug-likeness (QED) is 0.195. The zero-order valence-electron chi connectivity index (χ0n) is 20.8. The summed E-state index contributed by atoms with van der Waals surface area (Å²) in [7, 11) is 6.82. The Hall–Kier alpha value is -4.58. The highest BCUT2D eigenvalue weighted by Crippen LogP contribution is 2.38. The second-order valence-electron chi connectivity index (χ2n) is 7.85. The molecule has 0 saturated carbocycles. The maximum Gasteiger partial charge on any atom is 0.126 e. The minimum absolute atomic E-state index is 0.700. The molecule has 0 spiro atoms. The van der Waals surface area contributed by atoms with E-state index in [1.165, 1.54) is 0 Å². The standard InChI is InChI=1S/C30H28N4O2/c1-31-19-25-21(23-11-5-7-17-29(23)35-3)13-9-15-27(25)33-34-28-16-10-14-22(26(28)20-32-2)24-12-6-8-18-30(24)36-4/h5-20H,1-4H3. The van der Waals surface area contributed by atoms with Gasteiger partial charge in [-0.15, -0.1) is 10.2 Å². The summed E-state index contributed by atoms with van der Waals surface area (Å²) >= 11 is 0. The first-order chi connectivity index (χ1) is 17.7. The lowest BCUT2D eigenvalue weighted by Crippen LogP contribution is -1.93. The maximum absolute atomic E-state index is 5.60. The first-order valence-corrected chi connectivity index (χ1v) is 11.5. The van der Waals surface area contributed by atoms with Crippen molar-refractivity contribution in [2.75, 3.05) is 28.3 Å². The van der Waals surface area contributed by atoms with E-state index < -0.39 is 0 Å². The Kier molecular flexibility index (Phi) is 7.98. The van der Waals surface area contributed by atoms with Gasteiger partial charge in [0.25, 0.3) is 0 Å². The largest absolute Gasteiger partial charge is 0.496 e. The van der Waals surface area contributed by atoms with Crippen LogP contribution in [-0.2, 0) is 0 Å². The Labute approximate surface area is 211 Å². The molecule has 4 aromatic carbocycles. The number of aliphatic imine (C=N–C) groups is 2. The van der Waals surface area contributed by atoms with Gasteiger partial charge in [-0.25, -0.2) is 0 Å². The van der Waals surface area contributed by atoms with Crippen LogP contribution in [-0.4, -0.2) is 40.7 Å². The number of ether oxygens (including phenoxy) is 2. The van der Waals surface area contributed by atoms with E-state index in [0.29, 0.717) is 11.4 Å². The Morgan fingerprint density at radius 1 is 0.500 bits per heavy atom. The predicted octanol–water partition coefficient (Wildman–Crippen LogP) is 7.55. The number of benzene rings is 4. The minimum Gasteiger partial charge on any atom is -0.496 e. The third-order valence-corrected chi connectivity index (χ3v) is 5.74. The number of rotatable bonds is 8. The molecule has 0 aliphatic heterocycles. The fraction of sp³-hybridized carbons (Fsp3) is 0.133. The van der Waals surface area contributed by atoms with Crippen LogP contribution in [0.25, 0.3) is 22.3 Å². The molecule has 0 saturated heterocycles. The molecule has 180 valence electrons. The maximum atomic E-state index is 5.60. The van der Waals surface area contributed by atoms with Gasteiger partial charge in [-0.2, -0.15) is 0 Å². The second kappa shape index (κ2) is 11.7. The molecule has 0 N–H and O–H groups in total. The van der Waals surface area contributed by atoms with E-state index in [-0.39, 0.29) is 0 Å². The van der Waals surface area contributed by atoms with E-state index in [1.807, 2.05) is 84.9 Å². The minimum atomic E-state index is 0.700. The summed E-state index contributed by atoms with van der Waals surface area (Å²) in [5.41, 5.74) is 6.98. The van der Waals surface area contributed by atoms with Crippen molar-refractivity contribution in [1.29, 1.82) is 0 Å². The van der Waals surface area contributed by atoms with Crippen molar-refractivity contribution in [2.24, 2.45) is 20.2 Å². The zero-order chi connectivity index (χ0) is 25.3. The summed E-state index contributed by atoms with van der Waals surface area (Å²) < 4.78 is 11.2. The van der Waals surface area contributed by atoms with Gasteiger partial charge in [-0.1, -0.05) is 60.7 Å². The van der Waals surface area contributed by atoms with Crippen LogP contribution in [0.3, 0.4) is 0 Å². The van der Waals surface area contributed by atoms with Gasteiger partial charge < -0.3 is 9.47 Å². The summed E-state index contributed by atoms with van der Waals surface area (Å²) in [5, 5.41) is 9.31. The first-order valence-electron chi connectivity index (χ1n) is 11.5. The fourth-order valence-corrected chi connectivity index (χ4v) is 4.12. The molecular weight excluding hydrogens is 448 g/mol.